The normalized spacial score (nSPS) is 42.1. The molecular weight excluding hydrogens is 341 g/mol. The highest BCUT2D eigenvalue weighted by Gasteiger charge is 2.65. The van der Waals surface area contributed by atoms with E-state index in [0.717, 1.165) is 45.3 Å². The minimum Gasteiger partial charge on any atom is -0.404 e. The van der Waals surface area contributed by atoms with E-state index < -0.39 is 0 Å². The summed E-state index contributed by atoms with van der Waals surface area (Å²) in [5.74, 6) is 0.641. The van der Waals surface area contributed by atoms with Crippen molar-refractivity contribution in [3.8, 4) is 0 Å². The molecule has 4 fully saturated rings. The quantitative estimate of drug-likeness (QED) is 0.571. The highest BCUT2D eigenvalue weighted by molar-refractivity contribution is 6.48. The number of hydrogen-bond donors (Lipinski definition) is 2. The molecule has 27 heavy (non-hydrogen) atoms. The SMILES string of the molecule is CC1(C)C2=C[C@@H]1[C@]1(C)OB(C3CCCN3C(=O)CN[C@@H]3CCNC3)O[C@@H]1C2. The highest BCUT2D eigenvalue weighted by Crippen LogP contribution is 2.61. The van der Waals surface area contributed by atoms with Crippen molar-refractivity contribution in [1.29, 1.82) is 0 Å². The third-order valence-corrected chi connectivity index (χ3v) is 7.84. The maximum absolute atomic E-state index is 12.9. The number of hydrogen-bond acceptors (Lipinski definition) is 5. The van der Waals surface area contributed by atoms with E-state index in [1.807, 2.05) is 4.90 Å². The van der Waals surface area contributed by atoms with Crippen LogP contribution >= 0.6 is 0 Å². The largest absolute Gasteiger partial charge is 0.481 e. The van der Waals surface area contributed by atoms with E-state index in [9.17, 15) is 4.79 Å². The van der Waals surface area contributed by atoms with Gasteiger partial charge in [0.05, 0.1) is 24.2 Å². The third kappa shape index (κ3) is 2.73. The van der Waals surface area contributed by atoms with Gasteiger partial charge in [0.15, 0.2) is 0 Å². The van der Waals surface area contributed by atoms with Crippen LogP contribution in [0.15, 0.2) is 11.6 Å². The Morgan fingerprint density at radius 3 is 3.00 bits per heavy atom. The maximum Gasteiger partial charge on any atom is 0.481 e. The minimum atomic E-state index is -0.288. The summed E-state index contributed by atoms with van der Waals surface area (Å²) in [7, 11) is -0.288. The van der Waals surface area contributed by atoms with E-state index >= 15 is 0 Å². The van der Waals surface area contributed by atoms with E-state index in [1.54, 1.807) is 0 Å². The summed E-state index contributed by atoms with van der Waals surface area (Å²) in [5.41, 5.74) is 1.46. The first-order chi connectivity index (χ1) is 12.9. The van der Waals surface area contributed by atoms with Gasteiger partial charge in [-0.15, -0.1) is 0 Å². The molecule has 3 aliphatic heterocycles. The van der Waals surface area contributed by atoms with Gasteiger partial charge in [-0.3, -0.25) is 4.79 Å². The number of rotatable bonds is 4. The summed E-state index contributed by atoms with van der Waals surface area (Å²) < 4.78 is 13.0. The van der Waals surface area contributed by atoms with Crippen LogP contribution in [0.5, 0.6) is 0 Å². The first kappa shape index (κ1) is 18.2. The lowest BCUT2D eigenvalue weighted by atomic mass is 9.50. The molecule has 0 aromatic heterocycles. The molecule has 1 unspecified atom stereocenters. The number of amides is 1. The Hall–Kier alpha value is -0.885. The molecule has 6 nitrogen and oxygen atoms in total. The molecule has 3 saturated heterocycles. The van der Waals surface area contributed by atoms with Gasteiger partial charge < -0.3 is 24.8 Å². The molecule has 3 heterocycles. The number of nitrogens with one attached hydrogen (secondary N) is 2. The van der Waals surface area contributed by atoms with E-state index in [2.05, 4.69) is 37.5 Å². The Morgan fingerprint density at radius 2 is 2.26 bits per heavy atom. The van der Waals surface area contributed by atoms with Gasteiger partial charge in [-0.1, -0.05) is 25.5 Å². The molecule has 0 aromatic rings. The van der Waals surface area contributed by atoms with Crippen LogP contribution in [-0.4, -0.2) is 67.8 Å². The highest BCUT2D eigenvalue weighted by atomic mass is 16.7. The molecule has 1 saturated carbocycles. The second kappa shape index (κ2) is 6.31. The van der Waals surface area contributed by atoms with Crippen molar-refractivity contribution in [3.05, 3.63) is 11.6 Å². The number of nitrogens with zero attached hydrogens (tertiary/aromatic N) is 1. The molecule has 5 atom stereocenters. The summed E-state index contributed by atoms with van der Waals surface area (Å²) in [6.45, 7) is 10.1. The predicted octanol–water partition coefficient (Wildman–Crippen LogP) is 1.12. The Bertz CT molecular complexity index is 663. The molecular formula is C20H32BN3O3. The summed E-state index contributed by atoms with van der Waals surface area (Å²) in [6, 6.07) is 0.414. The van der Waals surface area contributed by atoms with Crippen LogP contribution in [0.25, 0.3) is 0 Å². The monoisotopic (exact) mass is 373 g/mol. The van der Waals surface area contributed by atoms with E-state index in [0.29, 0.717) is 18.5 Å². The summed E-state index contributed by atoms with van der Waals surface area (Å²) in [4.78, 5) is 14.9. The molecule has 6 rings (SSSR count). The van der Waals surface area contributed by atoms with Gasteiger partial charge in [-0.2, -0.15) is 0 Å². The van der Waals surface area contributed by atoms with Crippen molar-refractivity contribution < 1.29 is 14.1 Å². The van der Waals surface area contributed by atoms with Crippen LogP contribution in [0.2, 0.25) is 0 Å². The molecule has 6 aliphatic rings. The Morgan fingerprint density at radius 1 is 1.41 bits per heavy atom. The number of carbonyl (C=O) groups is 1. The van der Waals surface area contributed by atoms with Gasteiger partial charge >= 0.3 is 7.12 Å². The minimum absolute atomic E-state index is 0.0498. The van der Waals surface area contributed by atoms with Crippen LogP contribution in [-0.2, 0) is 14.1 Å². The molecule has 3 aliphatic carbocycles. The Kier molecular flexibility index (Phi) is 4.24. The Balaban J connectivity index is 1.24. The lowest BCUT2D eigenvalue weighted by Crippen LogP contribution is -2.59. The average Bonchev–Trinajstić information content (AvgIpc) is 3.36. The zero-order chi connectivity index (χ0) is 18.8. The molecule has 0 aromatic carbocycles. The fraction of sp³-hybridized carbons (Fsp3) is 0.850. The van der Waals surface area contributed by atoms with Crippen LogP contribution in [0.1, 0.15) is 46.5 Å². The molecule has 148 valence electrons. The molecule has 0 radical (unpaired) electrons. The molecule has 7 heteroatoms. The van der Waals surface area contributed by atoms with E-state index in [4.69, 9.17) is 9.31 Å². The second-order valence-electron chi connectivity index (χ2n) is 9.76. The lowest BCUT2D eigenvalue weighted by molar-refractivity contribution is -0.130. The van der Waals surface area contributed by atoms with E-state index in [-0.39, 0.29) is 36.1 Å². The number of likely N-dealkylation sites (tertiary alicyclic amines) is 1. The summed E-state index contributed by atoms with van der Waals surface area (Å²) in [5, 5.41) is 6.74. The van der Waals surface area contributed by atoms with Gasteiger partial charge in [0.25, 0.3) is 0 Å². The zero-order valence-corrected chi connectivity index (χ0v) is 16.8. The zero-order valence-electron chi connectivity index (χ0n) is 16.8. The Labute approximate surface area is 162 Å². The molecule has 1 amide bonds. The van der Waals surface area contributed by atoms with Crippen LogP contribution in [0.3, 0.4) is 0 Å². The van der Waals surface area contributed by atoms with Crippen molar-refractivity contribution in [2.24, 2.45) is 11.3 Å². The fourth-order valence-corrected chi connectivity index (χ4v) is 6.03. The third-order valence-electron chi connectivity index (χ3n) is 7.84. The van der Waals surface area contributed by atoms with Crippen LogP contribution < -0.4 is 10.6 Å². The molecule has 2 bridgehead atoms. The summed E-state index contributed by atoms with van der Waals surface area (Å²) >= 11 is 0. The topological polar surface area (TPSA) is 62.8 Å². The smallest absolute Gasteiger partial charge is 0.404 e. The van der Waals surface area contributed by atoms with Crippen molar-refractivity contribution in [2.75, 3.05) is 26.2 Å². The predicted molar refractivity (Wildman–Crippen MR) is 104 cm³/mol. The van der Waals surface area contributed by atoms with Crippen LogP contribution in [0.4, 0.5) is 0 Å². The van der Waals surface area contributed by atoms with Gasteiger partial charge in [0.1, 0.15) is 0 Å². The van der Waals surface area contributed by atoms with Gasteiger partial charge in [-0.25, -0.2) is 0 Å². The standard InChI is InChI=1S/C20H32BN3O3/c1-19(2)13-9-15(19)20(3)16(10-13)26-21(27-20)17-5-4-8-24(17)18(25)12-23-14-6-7-22-11-14/h9,14-17,22-23H,4-8,10-12H2,1-3H3/t14-,15+,16-,17?,20+/m1/s1. The van der Waals surface area contributed by atoms with Crippen molar-refractivity contribution in [2.45, 2.75) is 70.1 Å². The first-order valence-electron chi connectivity index (χ1n) is 10.7. The summed E-state index contributed by atoms with van der Waals surface area (Å²) in [6.07, 6.45) is 6.58. The van der Waals surface area contributed by atoms with Gasteiger partial charge in [0, 0.05) is 25.0 Å². The fourth-order valence-electron chi connectivity index (χ4n) is 6.03. The van der Waals surface area contributed by atoms with Crippen LogP contribution in [0, 0.1) is 11.3 Å². The van der Waals surface area contributed by atoms with Crippen molar-refractivity contribution in [1.82, 2.24) is 15.5 Å². The first-order valence-corrected chi connectivity index (χ1v) is 10.7. The van der Waals surface area contributed by atoms with Gasteiger partial charge in [0.2, 0.25) is 5.91 Å². The van der Waals surface area contributed by atoms with Crippen molar-refractivity contribution in [3.63, 3.8) is 0 Å². The number of carbonyl (C=O) groups excluding carboxylic acids is 1. The van der Waals surface area contributed by atoms with E-state index in [1.165, 1.54) is 5.57 Å². The molecule has 0 spiro atoms. The second-order valence-corrected chi connectivity index (χ2v) is 9.76. The average molecular weight is 373 g/mol. The van der Waals surface area contributed by atoms with Gasteiger partial charge in [-0.05, 0) is 44.6 Å². The molecule has 2 N–H and O–H groups in total. The van der Waals surface area contributed by atoms with Crippen molar-refractivity contribution >= 4 is 13.0 Å². The lowest BCUT2D eigenvalue weighted by Gasteiger charge is -2.58. The maximum atomic E-state index is 12.9.